The summed E-state index contributed by atoms with van der Waals surface area (Å²) in [6, 6.07) is 8.71. The highest BCUT2D eigenvalue weighted by Gasteiger charge is 2.24. The summed E-state index contributed by atoms with van der Waals surface area (Å²) in [7, 11) is 0. The lowest BCUT2D eigenvalue weighted by molar-refractivity contribution is -0.139. The van der Waals surface area contributed by atoms with Crippen LogP contribution in [0.4, 0.5) is 0 Å². The summed E-state index contributed by atoms with van der Waals surface area (Å²) in [4.78, 5) is 23.1. The van der Waals surface area contributed by atoms with Gasteiger partial charge in [-0.1, -0.05) is 38.0 Å². The molecule has 25 heavy (non-hydrogen) atoms. The molecule has 0 unspecified atom stereocenters. The summed E-state index contributed by atoms with van der Waals surface area (Å²) < 4.78 is 5.21. The third-order valence-electron chi connectivity index (χ3n) is 4.36. The lowest BCUT2D eigenvalue weighted by Gasteiger charge is -2.29. The van der Waals surface area contributed by atoms with Gasteiger partial charge >= 0.3 is 5.97 Å². The molecule has 0 radical (unpaired) electrons. The lowest BCUT2D eigenvalue weighted by Crippen LogP contribution is -2.41. The molecule has 0 spiro atoms. The molecule has 2 rings (SSSR count). The average molecular weight is 342 g/mol. The molecule has 0 aromatic heterocycles. The molecule has 2 atom stereocenters. The van der Waals surface area contributed by atoms with Gasteiger partial charge in [-0.3, -0.25) is 4.79 Å². The van der Waals surface area contributed by atoms with Gasteiger partial charge in [-0.05, 0) is 30.9 Å². The molecule has 1 amide bonds. The van der Waals surface area contributed by atoms with E-state index in [0.717, 1.165) is 19.3 Å². The Morgan fingerprint density at radius 2 is 2.08 bits per heavy atom. The van der Waals surface area contributed by atoms with E-state index in [-0.39, 0.29) is 11.6 Å². The zero-order chi connectivity index (χ0) is 18.2. The van der Waals surface area contributed by atoms with Crippen molar-refractivity contribution in [3.63, 3.8) is 0 Å². The summed E-state index contributed by atoms with van der Waals surface area (Å²) in [5.74, 6) is -0.794. The van der Waals surface area contributed by atoms with Gasteiger partial charge in [0.25, 0.3) is 5.91 Å². The average Bonchev–Trinajstić information content (AvgIpc) is 2.60. The molecule has 1 fully saturated rings. The molecular weight excluding hydrogens is 320 g/mol. The number of nitrogens with zero attached hydrogens (tertiary/aromatic N) is 1. The Kier molecular flexibility index (Phi) is 6.58. The number of carbonyl (C=O) groups is 2. The molecule has 0 bridgehead atoms. The van der Waals surface area contributed by atoms with E-state index in [1.54, 1.807) is 24.3 Å². The van der Waals surface area contributed by atoms with Crippen molar-refractivity contribution in [1.82, 2.24) is 5.32 Å². The zero-order valence-electron chi connectivity index (χ0n) is 14.2. The molecular formula is C19H22N2O4. The van der Waals surface area contributed by atoms with Gasteiger partial charge < -0.3 is 15.2 Å². The van der Waals surface area contributed by atoms with Crippen LogP contribution < -0.4 is 10.1 Å². The Hall–Kier alpha value is -2.81. The van der Waals surface area contributed by atoms with Gasteiger partial charge in [0.1, 0.15) is 17.4 Å². The minimum atomic E-state index is -1.09. The van der Waals surface area contributed by atoms with E-state index >= 15 is 0 Å². The van der Waals surface area contributed by atoms with E-state index in [2.05, 4.69) is 12.2 Å². The first-order valence-electron chi connectivity index (χ1n) is 8.37. The van der Waals surface area contributed by atoms with Crippen LogP contribution in [0.2, 0.25) is 0 Å². The Balaban J connectivity index is 2.15. The topological polar surface area (TPSA) is 99.4 Å². The standard InChI is InChI=1S/C19H22N2O4/c1-13-6-2-4-8-16(13)21-19(24)15(11-20)10-14-7-3-5-9-17(14)25-12-18(22)23/h3,5,7,9-10,13,16H,2,4,6,8,12H2,1H3,(H,21,24)(H,22,23)/b15-10+/t13-,16+/m0/s1. The molecule has 0 heterocycles. The van der Waals surface area contributed by atoms with Gasteiger partial charge in [-0.2, -0.15) is 5.26 Å². The van der Waals surface area contributed by atoms with Gasteiger partial charge in [0, 0.05) is 11.6 Å². The molecule has 6 nitrogen and oxygen atoms in total. The monoisotopic (exact) mass is 342 g/mol. The SMILES string of the molecule is C[C@H]1CCCC[C@H]1NC(=O)/C(C#N)=C/c1ccccc1OCC(=O)O. The maximum Gasteiger partial charge on any atom is 0.341 e. The first kappa shape index (κ1) is 18.5. The van der Waals surface area contributed by atoms with Crippen molar-refractivity contribution in [2.75, 3.05) is 6.61 Å². The van der Waals surface area contributed by atoms with Crippen molar-refractivity contribution in [2.45, 2.75) is 38.6 Å². The molecule has 0 aliphatic heterocycles. The number of ether oxygens (including phenoxy) is 1. The predicted molar refractivity (Wildman–Crippen MR) is 92.7 cm³/mol. The normalized spacial score (nSPS) is 20.4. The van der Waals surface area contributed by atoms with Crippen molar-refractivity contribution < 1.29 is 19.4 Å². The number of carbonyl (C=O) groups excluding carboxylic acids is 1. The molecule has 0 saturated heterocycles. The smallest absolute Gasteiger partial charge is 0.341 e. The number of aliphatic carboxylic acids is 1. The van der Waals surface area contributed by atoms with Gasteiger partial charge in [0.15, 0.2) is 6.61 Å². The number of hydrogen-bond acceptors (Lipinski definition) is 4. The second kappa shape index (κ2) is 8.88. The van der Waals surface area contributed by atoms with Crippen molar-refractivity contribution in [1.29, 1.82) is 5.26 Å². The van der Waals surface area contributed by atoms with Crippen LogP contribution in [-0.4, -0.2) is 29.6 Å². The van der Waals surface area contributed by atoms with Crippen LogP contribution in [0.15, 0.2) is 29.8 Å². The van der Waals surface area contributed by atoms with E-state index in [1.807, 2.05) is 6.07 Å². The fourth-order valence-corrected chi connectivity index (χ4v) is 2.95. The molecule has 1 aromatic carbocycles. The predicted octanol–water partition coefficient (Wildman–Crippen LogP) is 2.75. The van der Waals surface area contributed by atoms with Crippen LogP contribution in [0.5, 0.6) is 5.75 Å². The summed E-state index contributed by atoms with van der Waals surface area (Å²) in [6.45, 7) is 1.62. The second-order valence-electron chi connectivity index (χ2n) is 6.23. The largest absolute Gasteiger partial charge is 0.481 e. The van der Waals surface area contributed by atoms with Crippen molar-refractivity contribution in [3.05, 3.63) is 35.4 Å². The maximum absolute atomic E-state index is 12.4. The van der Waals surface area contributed by atoms with Crippen LogP contribution in [0.25, 0.3) is 6.08 Å². The van der Waals surface area contributed by atoms with E-state index in [0.29, 0.717) is 17.2 Å². The van der Waals surface area contributed by atoms with E-state index in [9.17, 15) is 14.9 Å². The number of carboxylic acid groups (broad SMARTS) is 1. The summed E-state index contributed by atoms with van der Waals surface area (Å²) >= 11 is 0. The molecule has 2 N–H and O–H groups in total. The molecule has 1 aromatic rings. The van der Waals surface area contributed by atoms with Crippen LogP contribution in [0.3, 0.4) is 0 Å². The number of nitriles is 1. The number of nitrogens with one attached hydrogen (secondary N) is 1. The minimum absolute atomic E-state index is 0.0239. The third-order valence-corrected chi connectivity index (χ3v) is 4.36. The second-order valence-corrected chi connectivity index (χ2v) is 6.23. The highest BCUT2D eigenvalue weighted by molar-refractivity contribution is 6.02. The summed E-state index contributed by atoms with van der Waals surface area (Å²) in [6.07, 6.45) is 5.67. The fourth-order valence-electron chi connectivity index (χ4n) is 2.95. The maximum atomic E-state index is 12.4. The van der Waals surface area contributed by atoms with E-state index in [4.69, 9.17) is 9.84 Å². The van der Waals surface area contributed by atoms with E-state index < -0.39 is 18.5 Å². The van der Waals surface area contributed by atoms with Crippen molar-refractivity contribution >= 4 is 18.0 Å². The van der Waals surface area contributed by atoms with Gasteiger partial charge in [-0.15, -0.1) is 0 Å². The molecule has 1 saturated carbocycles. The molecule has 1 aliphatic rings. The summed E-state index contributed by atoms with van der Waals surface area (Å²) in [5, 5.41) is 21.0. The fraction of sp³-hybridized carbons (Fsp3) is 0.421. The first-order chi connectivity index (χ1) is 12.0. The van der Waals surface area contributed by atoms with Crippen molar-refractivity contribution in [2.24, 2.45) is 5.92 Å². The summed E-state index contributed by atoms with van der Waals surface area (Å²) in [5.41, 5.74) is 0.469. The highest BCUT2D eigenvalue weighted by atomic mass is 16.5. The number of benzene rings is 1. The highest BCUT2D eigenvalue weighted by Crippen LogP contribution is 2.25. The Morgan fingerprint density at radius 1 is 1.36 bits per heavy atom. The third kappa shape index (κ3) is 5.35. The number of rotatable bonds is 6. The van der Waals surface area contributed by atoms with Crippen LogP contribution in [-0.2, 0) is 9.59 Å². The first-order valence-corrected chi connectivity index (χ1v) is 8.37. The van der Waals surface area contributed by atoms with Crippen molar-refractivity contribution in [3.8, 4) is 11.8 Å². The number of carboxylic acids is 1. The Labute approximate surface area is 147 Å². The number of hydrogen-bond donors (Lipinski definition) is 2. The number of amides is 1. The van der Waals surface area contributed by atoms with Crippen LogP contribution in [0, 0.1) is 17.2 Å². The van der Waals surface area contributed by atoms with Gasteiger partial charge in [-0.25, -0.2) is 4.79 Å². The lowest BCUT2D eigenvalue weighted by atomic mass is 9.86. The Bertz CT molecular complexity index is 706. The molecule has 1 aliphatic carbocycles. The zero-order valence-corrected chi connectivity index (χ0v) is 14.2. The minimum Gasteiger partial charge on any atom is -0.481 e. The Morgan fingerprint density at radius 3 is 2.76 bits per heavy atom. The van der Waals surface area contributed by atoms with E-state index in [1.165, 1.54) is 12.5 Å². The van der Waals surface area contributed by atoms with Gasteiger partial charge in [0.2, 0.25) is 0 Å². The van der Waals surface area contributed by atoms with Gasteiger partial charge in [0.05, 0.1) is 0 Å². The molecule has 132 valence electrons. The van der Waals surface area contributed by atoms with Crippen LogP contribution in [0.1, 0.15) is 38.2 Å². The molecule has 6 heteroatoms. The number of para-hydroxylation sites is 1. The van der Waals surface area contributed by atoms with Crippen LogP contribution >= 0.6 is 0 Å². The quantitative estimate of drug-likeness (QED) is 0.612.